The van der Waals surface area contributed by atoms with Crippen molar-refractivity contribution in [3.8, 4) is 5.69 Å². The van der Waals surface area contributed by atoms with Crippen molar-refractivity contribution in [1.82, 2.24) is 15.1 Å². The Labute approximate surface area is 142 Å². The number of nitrogens with one attached hydrogen (secondary N) is 1. The molecule has 4 nitrogen and oxygen atoms in total. The number of para-hydroxylation sites is 1. The molecule has 0 saturated heterocycles. The second-order valence-corrected chi connectivity index (χ2v) is 6.90. The molecule has 0 atom stereocenters. The van der Waals surface area contributed by atoms with E-state index >= 15 is 0 Å². The molecule has 124 valence electrons. The molecule has 5 heteroatoms. The lowest BCUT2D eigenvalue weighted by atomic mass is 10.0. The van der Waals surface area contributed by atoms with E-state index in [1.54, 1.807) is 4.68 Å². The van der Waals surface area contributed by atoms with Crippen LogP contribution in [0.4, 0.5) is 0 Å². The van der Waals surface area contributed by atoms with Gasteiger partial charge >= 0.3 is 0 Å². The Morgan fingerprint density at radius 3 is 2.48 bits per heavy atom. The molecule has 0 aliphatic heterocycles. The van der Waals surface area contributed by atoms with E-state index < -0.39 is 0 Å². The van der Waals surface area contributed by atoms with Crippen molar-refractivity contribution in [3.05, 3.63) is 46.2 Å². The summed E-state index contributed by atoms with van der Waals surface area (Å²) in [5.41, 5.74) is 3.08. The highest BCUT2D eigenvalue weighted by molar-refractivity contribution is 6.32. The van der Waals surface area contributed by atoms with Crippen LogP contribution < -0.4 is 5.32 Å². The smallest absolute Gasteiger partial charge is 0.255 e. The number of rotatable bonds is 5. The summed E-state index contributed by atoms with van der Waals surface area (Å²) in [6.07, 6.45) is 0.749. The zero-order valence-electron chi connectivity index (χ0n) is 14.4. The molecule has 0 aliphatic carbocycles. The Morgan fingerprint density at radius 1 is 1.26 bits per heavy atom. The highest BCUT2D eigenvalue weighted by Gasteiger charge is 2.23. The number of hydrogen-bond donors (Lipinski definition) is 1. The summed E-state index contributed by atoms with van der Waals surface area (Å²) in [6.45, 7) is 10.1. The van der Waals surface area contributed by atoms with E-state index in [4.69, 9.17) is 11.6 Å². The summed E-state index contributed by atoms with van der Waals surface area (Å²) < 4.78 is 1.77. The number of hydrogen-bond acceptors (Lipinski definition) is 2. The molecule has 1 N–H and O–H groups in total. The van der Waals surface area contributed by atoms with E-state index in [0.29, 0.717) is 16.5 Å². The fourth-order valence-electron chi connectivity index (χ4n) is 2.58. The van der Waals surface area contributed by atoms with Gasteiger partial charge in [0.15, 0.2) is 0 Å². The molecule has 0 fully saturated rings. The van der Waals surface area contributed by atoms with Gasteiger partial charge in [0, 0.05) is 6.04 Å². The molecular formula is C18H24ClN3O. The van der Waals surface area contributed by atoms with Gasteiger partial charge in [0.2, 0.25) is 0 Å². The second-order valence-electron chi connectivity index (χ2n) is 6.50. The standard InChI is InChI=1S/C18H24ClN3O/c1-11(2)10-15-17(18(23)20-12(3)4)13(5)22(21-15)16-9-7-6-8-14(16)19/h6-9,11-12H,10H2,1-5H3,(H,20,23). The van der Waals surface area contributed by atoms with E-state index in [-0.39, 0.29) is 11.9 Å². The Morgan fingerprint density at radius 2 is 1.91 bits per heavy atom. The fourth-order valence-corrected chi connectivity index (χ4v) is 2.79. The Balaban J connectivity index is 2.56. The van der Waals surface area contributed by atoms with Crippen LogP contribution in [-0.2, 0) is 6.42 Å². The Kier molecular flexibility index (Phi) is 5.47. The molecule has 0 aliphatic rings. The predicted molar refractivity (Wildman–Crippen MR) is 94.5 cm³/mol. The fraction of sp³-hybridized carbons (Fsp3) is 0.444. The molecule has 0 unspecified atom stereocenters. The first-order valence-electron chi connectivity index (χ1n) is 7.95. The number of benzene rings is 1. The molecule has 0 bridgehead atoms. The van der Waals surface area contributed by atoms with Crippen molar-refractivity contribution in [3.63, 3.8) is 0 Å². The van der Waals surface area contributed by atoms with Crippen LogP contribution in [0.25, 0.3) is 5.69 Å². The van der Waals surface area contributed by atoms with Gasteiger partial charge in [-0.15, -0.1) is 0 Å². The molecule has 0 saturated carbocycles. The van der Waals surface area contributed by atoms with Gasteiger partial charge in [-0.2, -0.15) is 5.10 Å². The maximum atomic E-state index is 12.6. The van der Waals surface area contributed by atoms with Gasteiger partial charge in [-0.3, -0.25) is 4.79 Å². The van der Waals surface area contributed by atoms with Crippen molar-refractivity contribution in [2.24, 2.45) is 5.92 Å². The molecule has 2 aromatic rings. The van der Waals surface area contributed by atoms with Crippen LogP contribution in [0.5, 0.6) is 0 Å². The summed E-state index contributed by atoms with van der Waals surface area (Å²) in [7, 11) is 0. The van der Waals surface area contributed by atoms with Crippen molar-refractivity contribution in [1.29, 1.82) is 0 Å². The molecule has 1 amide bonds. The first-order valence-corrected chi connectivity index (χ1v) is 8.33. The van der Waals surface area contributed by atoms with Crippen LogP contribution >= 0.6 is 11.6 Å². The molecule has 1 aromatic carbocycles. The van der Waals surface area contributed by atoms with Gasteiger partial charge in [0.25, 0.3) is 5.91 Å². The average Bonchev–Trinajstić information content (AvgIpc) is 2.74. The van der Waals surface area contributed by atoms with E-state index in [0.717, 1.165) is 23.5 Å². The topological polar surface area (TPSA) is 46.9 Å². The highest BCUT2D eigenvalue weighted by Crippen LogP contribution is 2.25. The first-order chi connectivity index (χ1) is 10.8. The van der Waals surface area contributed by atoms with Crippen LogP contribution in [0.3, 0.4) is 0 Å². The second kappa shape index (κ2) is 7.18. The normalized spacial score (nSPS) is 11.3. The van der Waals surface area contributed by atoms with Crippen molar-refractivity contribution >= 4 is 17.5 Å². The molecule has 2 rings (SSSR count). The largest absolute Gasteiger partial charge is 0.350 e. The van der Waals surface area contributed by atoms with Crippen LogP contribution in [0.1, 0.15) is 49.4 Å². The van der Waals surface area contributed by atoms with E-state index in [1.165, 1.54) is 0 Å². The van der Waals surface area contributed by atoms with Gasteiger partial charge in [-0.25, -0.2) is 4.68 Å². The van der Waals surface area contributed by atoms with Gasteiger partial charge in [-0.1, -0.05) is 37.6 Å². The van der Waals surface area contributed by atoms with Crippen LogP contribution in [0.2, 0.25) is 5.02 Å². The van der Waals surface area contributed by atoms with Crippen LogP contribution in [-0.4, -0.2) is 21.7 Å². The van der Waals surface area contributed by atoms with E-state index in [2.05, 4.69) is 24.3 Å². The minimum Gasteiger partial charge on any atom is -0.350 e. The lowest BCUT2D eigenvalue weighted by Crippen LogP contribution is -2.31. The maximum Gasteiger partial charge on any atom is 0.255 e. The summed E-state index contributed by atoms with van der Waals surface area (Å²) in [5, 5.41) is 8.26. The van der Waals surface area contributed by atoms with Crippen molar-refractivity contribution < 1.29 is 4.79 Å². The highest BCUT2D eigenvalue weighted by atomic mass is 35.5. The number of halogens is 1. The molecule has 1 heterocycles. The summed E-state index contributed by atoms with van der Waals surface area (Å²) in [6, 6.07) is 7.61. The number of carbonyl (C=O) groups is 1. The van der Waals surface area contributed by atoms with Crippen molar-refractivity contribution in [2.45, 2.75) is 47.1 Å². The molecule has 1 aromatic heterocycles. The molecule has 23 heavy (non-hydrogen) atoms. The quantitative estimate of drug-likeness (QED) is 0.892. The third-order valence-corrected chi connectivity index (χ3v) is 3.84. The zero-order chi connectivity index (χ0) is 17.1. The average molecular weight is 334 g/mol. The Hall–Kier alpha value is -1.81. The lowest BCUT2D eigenvalue weighted by Gasteiger charge is -2.10. The monoisotopic (exact) mass is 333 g/mol. The van der Waals surface area contributed by atoms with Crippen molar-refractivity contribution in [2.75, 3.05) is 0 Å². The zero-order valence-corrected chi connectivity index (χ0v) is 15.1. The molecule has 0 radical (unpaired) electrons. The summed E-state index contributed by atoms with van der Waals surface area (Å²) in [4.78, 5) is 12.6. The predicted octanol–water partition coefficient (Wildman–Crippen LogP) is 4.17. The molecule has 0 spiro atoms. The molecular weight excluding hydrogens is 310 g/mol. The minimum atomic E-state index is -0.0774. The number of aromatic nitrogens is 2. The van der Waals surface area contributed by atoms with Crippen LogP contribution in [0.15, 0.2) is 24.3 Å². The van der Waals surface area contributed by atoms with Crippen LogP contribution in [0, 0.1) is 12.8 Å². The summed E-state index contributed by atoms with van der Waals surface area (Å²) in [5.74, 6) is 0.334. The number of nitrogens with zero attached hydrogens (tertiary/aromatic N) is 2. The third kappa shape index (κ3) is 3.94. The van der Waals surface area contributed by atoms with Gasteiger partial charge in [0.05, 0.1) is 27.7 Å². The number of carbonyl (C=O) groups excluding carboxylic acids is 1. The number of amides is 1. The van der Waals surface area contributed by atoms with E-state index in [1.807, 2.05) is 45.0 Å². The summed E-state index contributed by atoms with van der Waals surface area (Å²) >= 11 is 6.30. The lowest BCUT2D eigenvalue weighted by molar-refractivity contribution is 0.0941. The van der Waals surface area contributed by atoms with Gasteiger partial charge < -0.3 is 5.32 Å². The first kappa shape index (κ1) is 17.5. The van der Waals surface area contributed by atoms with Gasteiger partial charge in [0.1, 0.15) is 0 Å². The maximum absolute atomic E-state index is 12.6. The van der Waals surface area contributed by atoms with Gasteiger partial charge in [-0.05, 0) is 45.2 Å². The SMILES string of the molecule is Cc1c(C(=O)NC(C)C)c(CC(C)C)nn1-c1ccccc1Cl. The Bertz CT molecular complexity index is 704. The minimum absolute atomic E-state index is 0.0774. The van der Waals surface area contributed by atoms with E-state index in [9.17, 15) is 4.79 Å². The third-order valence-electron chi connectivity index (χ3n) is 3.52.